The van der Waals surface area contributed by atoms with Gasteiger partial charge < -0.3 is 24.8 Å². The normalized spacial score (nSPS) is 11.3. The Labute approximate surface area is 351 Å². The number of halogens is 2. The predicted octanol–water partition coefficient (Wildman–Crippen LogP) is 7.20. The minimum Gasteiger partial charge on any atom is -0.214 e. The molecular formula is C51H48Cl2Zr-2. The molecule has 0 fully saturated rings. The van der Waals surface area contributed by atoms with Gasteiger partial charge >= 0.3 is 99.2 Å². The van der Waals surface area contributed by atoms with Gasteiger partial charge in [-0.3, -0.25) is 0 Å². The molecule has 0 unspecified atom stereocenters. The largest absolute Gasteiger partial charge is 0.214 e. The van der Waals surface area contributed by atoms with Crippen molar-refractivity contribution in [1.82, 2.24) is 0 Å². The topological polar surface area (TPSA) is 0 Å². The minimum atomic E-state index is 0. The van der Waals surface area contributed by atoms with Crippen LogP contribution in [-0.2, 0) is 41.5 Å². The summed E-state index contributed by atoms with van der Waals surface area (Å²) in [6, 6.07) is 63.9. The Hall–Kier alpha value is -4.00. The van der Waals surface area contributed by atoms with Crippen LogP contribution in [-0.4, -0.2) is 3.21 Å². The van der Waals surface area contributed by atoms with Crippen LogP contribution in [0.25, 0.3) is 33.4 Å². The van der Waals surface area contributed by atoms with Crippen LogP contribution < -0.4 is 24.8 Å². The summed E-state index contributed by atoms with van der Waals surface area (Å²) in [5, 5.41) is 0. The molecule has 8 rings (SSSR count). The second-order valence-corrected chi connectivity index (χ2v) is 16.7. The average Bonchev–Trinajstić information content (AvgIpc) is 3.86. The molecule has 0 atom stereocenters. The first kappa shape index (κ1) is 42.7. The summed E-state index contributed by atoms with van der Waals surface area (Å²) in [6.45, 7) is 13.9. The van der Waals surface area contributed by atoms with Crippen LogP contribution in [0.2, 0.25) is 0 Å². The van der Waals surface area contributed by atoms with E-state index in [-0.39, 0.29) is 35.6 Å². The Bertz CT molecular complexity index is 2040. The summed E-state index contributed by atoms with van der Waals surface area (Å²) in [7, 11) is 0. The van der Waals surface area contributed by atoms with Crippen molar-refractivity contribution in [2.24, 2.45) is 0 Å². The molecule has 1 aliphatic rings. The van der Waals surface area contributed by atoms with Crippen LogP contribution in [0.1, 0.15) is 74.9 Å². The maximum Gasteiger partial charge on any atom is -0.172 e. The summed E-state index contributed by atoms with van der Waals surface area (Å²) in [6.07, 6.45) is 0.944. The molecule has 54 heavy (non-hydrogen) atoms. The molecule has 0 aromatic heterocycles. The first-order chi connectivity index (χ1) is 25.0. The minimum absolute atomic E-state index is 0. The molecule has 272 valence electrons. The van der Waals surface area contributed by atoms with Gasteiger partial charge in [0, 0.05) is 0 Å². The fourth-order valence-electron chi connectivity index (χ4n) is 6.80. The van der Waals surface area contributed by atoms with Crippen LogP contribution in [0.4, 0.5) is 0 Å². The van der Waals surface area contributed by atoms with E-state index < -0.39 is 0 Å². The number of fused-ring (bicyclic) bond motifs is 3. The molecule has 0 heterocycles. The van der Waals surface area contributed by atoms with Crippen molar-refractivity contribution in [2.75, 3.05) is 0 Å². The van der Waals surface area contributed by atoms with Crippen molar-refractivity contribution in [1.29, 1.82) is 0 Å². The van der Waals surface area contributed by atoms with Crippen LogP contribution in [0.15, 0.2) is 170 Å². The van der Waals surface area contributed by atoms with Crippen LogP contribution in [0.5, 0.6) is 0 Å². The molecule has 0 amide bonds. The summed E-state index contributed by atoms with van der Waals surface area (Å²) in [5.74, 6) is 0. The molecular weight excluding hydrogens is 775 g/mol. The summed E-state index contributed by atoms with van der Waals surface area (Å²) >= 11 is 1.46. The molecule has 7 aromatic carbocycles. The number of benzene rings is 6. The molecule has 0 N–H and O–H groups in total. The smallest absolute Gasteiger partial charge is 0.172 e. The maximum atomic E-state index is 3.88. The van der Waals surface area contributed by atoms with Gasteiger partial charge in [-0.25, -0.2) is 12.1 Å². The summed E-state index contributed by atoms with van der Waals surface area (Å²) in [4.78, 5) is 0. The Kier molecular flexibility index (Phi) is 15.1. The third-order valence-corrected chi connectivity index (χ3v) is 10.9. The van der Waals surface area contributed by atoms with E-state index in [4.69, 9.17) is 0 Å². The zero-order chi connectivity index (χ0) is 36.7. The molecule has 0 saturated carbocycles. The quantitative estimate of drug-likeness (QED) is 0.165. The molecule has 0 radical (unpaired) electrons. The van der Waals surface area contributed by atoms with Crippen molar-refractivity contribution in [3.05, 3.63) is 209 Å². The van der Waals surface area contributed by atoms with Crippen molar-refractivity contribution in [2.45, 2.75) is 58.8 Å². The number of hydrogen-bond acceptors (Lipinski definition) is 0. The van der Waals surface area contributed by atoms with Crippen molar-refractivity contribution < 1.29 is 49.0 Å². The molecule has 3 heteroatoms. The maximum absolute atomic E-state index is 3.88. The van der Waals surface area contributed by atoms with Crippen molar-refractivity contribution >= 4 is 3.21 Å². The Morgan fingerprint density at radius 2 is 0.963 bits per heavy atom. The predicted molar refractivity (Wildman–Crippen MR) is 220 cm³/mol. The average molecular weight is 823 g/mol. The van der Waals surface area contributed by atoms with Crippen molar-refractivity contribution in [3.63, 3.8) is 0 Å². The van der Waals surface area contributed by atoms with Crippen LogP contribution >= 0.6 is 0 Å². The molecule has 7 aromatic rings. The molecule has 0 nitrogen and oxygen atoms in total. The van der Waals surface area contributed by atoms with Gasteiger partial charge in [0.15, 0.2) is 0 Å². The zero-order valence-electron chi connectivity index (χ0n) is 32.1. The van der Waals surface area contributed by atoms with Crippen LogP contribution in [0.3, 0.4) is 0 Å². The Morgan fingerprint density at radius 1 is 0.519 bits per heavy atom. The monoisotopic (exact) mass is 820 g/mol. The van der Waals surface area contributed by atoms with E-state index in [2.05, 4.69) is 187 Å². The van der Waals surface area contributed by atoms with E-state index in [0.717, 1.165) is 6.42 Å². The fraction of sp³-hybridized carbons (Fsp3) is 0.176. The third-order valence-electron chi connectivity index (χ3n) is 9.50. The second-order valence-electron chi connectivity index (χ2n) is 15.5. The Morgan fingerprint density at radius 3 is 1.41 bits per heavy atom. The number of rotatable bonds is 4. The van der Waals surface area contributed by atoms with Crippen molar-refractivity contribution in [3.8, 4) is 33.4 Å². The molecule has 0 aliphatic heterocycles. The van der Waals surface area contributed by atoms with Gasteiger partial charge in [0.25, 0.3) is 0 Å². The van der Waals surface area contributed by atoms with Gasteiger partial charge in [-0.15, -0.1) is 28.8 Å². The van der Waals surface area contributed by atoms with Gasteiger partial charge in [-0.1, -0.05) is 131 Å². The van der Waals surface area contributed by atoms with E-state index in [9.17, 15) is 0 Å². The van der Waals surface area contributed by atoms with Gasteiger partial charge in [0.1, 0.15) is 0 Å². The first-order valence-corrected chi connectivity index (χ1v) is 19.5. The van der Waals surface area contributed by atoms with E-state index in [0.29, 0.717) is 0 Å². The number of hydrogen-bond donors (Lipinski definition) is 0. The summed E-state index contributed by atoms with van der Waals surface area (Å²) in [5.41, 5.74) is 16.2. The zero-order valence-corrected chi connectivity index (χ0v) is 36.1. The first-order valence-electron chi connectivity index (χ1n) is 18.2. The van der Waals surface area contributed by atoms with Gasteiger partial charge in [0.05, 0.1) is 0 Å². The van der Waals surface area contributed by atoms with Gasteiger partial charge in [-0.2, -0.15) is 18.2 Å². The van der Waals surface area contributed by atoms with E-state index >= 15 is 0 Å². The second kappa shape index (κ2) is 19.0. The standard InChI is InChI=1S/C33H33.C13H10.C5H5.2ClH.Zr/c1-32(2,3)30-20-26-24(18-28(30)22-13-9-7-10-14-22)17-25-19-29(23-15-11-8-12-16-23)31(21-27(25)26)33(4,5)6;1-3-7-12(8-4-1)11-13-9-5-2-6-10-13;1-2-4-5-3-1;;;/h7-16,18,20-21H,17H2,1-6H3;1-10H;1-5H;2*1H;/q-1;;-1;;;+2/p-2. The molecule has 1 aliphatic carbocycles. The van der Waals surface area contributed by atoms with Gasteiger partial charge in [0.2, 0.25) is 0 Å². The van der Waals surface area contributed by atoms with Gasteiger partial charge in [-0.05, 0) is 39.5 Å². The van der Waals surface area contributed by atoms with Crippen LogP contribution in [0, 0.1) is 6.07 Å². The fourth-order valence-corrected chi connectivity index (χ4v) is 7.62. The SMILES string of the molecule is CC(C)(C)c1cc2c([c-]c1-c1ccccc1)Cc1cc(-c3ccccc3)c(C(C)(C)C)cc1-2.[Cl-].[Cl-].[Zr+2]=[C](c1ccccc1)c1ccccc1.c1cc[cH-]c1. The molecule has 0 spiro atoms. The molecule has 0 bridgehead atoms. The molecule has 0 saturated heterocycles. The van der Waals surface area contributed by atoms with E-state index in [1.807, 2.05) is 30.3 Å². The van der Waals surface area contributed by atoms with E-state index in [1.165, 1.54) is 94.2 Å². The Balaban J connectivity index is 0.000000255. The third kappa shape index (κ3) is 10.4. The summed E-state index contributed by atoms with van der Waals surface area (Å²) < 4.78 is 1.42. The van der Waals surface area contributed by atoms with E-state index in [1.54, 1.807) is 0 Å².